The summed E-state index contributed by atoms with van der Waals surface area (Å²) in [5.41, 5.74) is 3.20. The van der Waals surface area contributed by atoms with Gasteiger partial charge in [-0.25, -0.2) is 4.39 Å². The molecule has 0 saturated carbocycles. The largest absolute Gasteiger partial charge is 0.322 e. The Hall–Kier alpha value is -2.16. The van der Waals surface area contributed by atoms with Crippen molar-refractivity contribution >= 4 is 11.6 Å². The first-order valence-corrected chi connectivity index (χ1v) is 8.76. The van der Waals surface area contributed by atoms with E-state index >= 15 is 0 Å². The van der Waals surface area contributed by atoms with E-state index in [1.165, 1.54) is 49.8 Å². The van der Waals surface area contributed by atoms with E-state index in [1.54, 1.807) is 6.07 Å². The van der Waals surface area contributed by atoms with Crippen molar-refractivity contribution in [2.24, 2.45) is 0 Å². The number of carbonyl (C=O) groups is 1. The number of aryl methyl sites for hydroxylation is 2. The first-order chi connectivity index (χ1) is 11.6. The average Bonchev–Trinajstić information content (AvgIpc) is 2.58. The van der Waals surface area contributed by atoms with Crippen LogP contribution in [0.15, 0.2) is 42.5 Å². The quantitative estimate of drug-likeness (QED) is 0.601. The summed E-state index contributed by atoms with van der Waals surface area (Å²) in [7, 11) is 0. The lowest BCUT2D eigenvalue weighted by Gasteiger charge is -2.09. The van der Waals surface area contributed by atoms with Crippen molar-refractivity contribution in [2.45, 2.75) is 52.4 Å². The van der Waals surface area contributed by atoms with E-state index in [4.69, 9.17) is 0 Å². The fourth-order valence-corrected chi connectivity index (χ4v) is 2.68. The van der Waals surface area contributed by atoms with Crippen molar-refractivity contribution in [3.05, 3.63) is 65.0 Å². The Kier molecular flexibility index (Phi) is 6.98. The van der Waals surface area contributed by atoms with Crippen LogP contribution in [0.3, 0.4) is 0 Å². The van der Waals surface area contributed by atoms with Crippen molar-refractivity contribution in [3.63, 3.8) is 0 Å². The van der Waals surface area contributed by atoms with Crippen LogP contribution in [0.4, 0.5) is 10.1 Å². The van der Waals surface area contributed by atoms with Crippen LogP contribution in [0.25, 0.3) is 0 Å². The van der Waals surface area contributed by atoms with Crippen LogP contribution >= 0.6 is 0 Å². The number of carbonyl (C=O) groups excluding carboxylic acids is 1. The summed E-state index contributed by atoms with van der Waals surface area (Å²) in [5.74, 6) is -0.562. The minimum atomic E-state index is -0.352. The van der Waals surface area contributed by atoms with Gasteiger partial charge in [0.05, 0.1) is 0 Å². The molecule has 0 aromatic heterocycles. The van der Waals surface area contributed by atoms with Gasteiger partial charge >= 0.3 is 0 Å². The highest BCUT2D eigenvalue weighted by Crippen LogP contribution is 2.17. The molecule has 1 amide bonds. The zero-order valence-electron chi connectivity index (χ0n) is 14.6. The Balaban J connectivity index is 1.90. The minimum absolute atomic E-state index is 0.210. The van der Waals surface area contributed by atoms with Gasteiger partial charge in [-0.3, -0.25) is 4.79 Å². The standard InChI is InChI=1S/C21H26FNO/c1-3-4-5-6-7-8-17-10-12-18(13-11-17)21(24)23-20-15-19(22)14-9-16(20)2/h9-15H,3-8H2,1-2H3,(H,23,24). The van der Waals surface area contributed by atoms with Gasteiger partial charge < -0.3 is 5.32 Å². The Bertz CT molecular complexity index is 664. The third kappa shape index (κ3) is 5.48. The van der Waals surface area contributed by atoms with Crippen molar-refractivity contribution in [1.29, 1.82) is 0 Å². The van der Waals surface area contributed by atoms with Gasteiger partial charge in [-0.05, 0) is 55.2 Å². The number of anilines is 1. The predicted octanol–water partition coefficient (Wildman–Crippen LogP) is 5.90. The van der Waals surface area contributed by atoms with Crippen LogP contribution in [0, 0.1) is 12.7 Å². The van der Waals surface area contributed by atoms with Crippen molar-refractivity contribution in [2.75, 3.05) is 5.32 Å². The third-order valence-corrected chi connectivity index (χ3v) is 4.23. The van der Waals surface area contributed by atoms with Gasteiger partial charge in [0, 0.05) is 11.3 Å². The molecule has 0 radical (unpaired) electrons. The molecule has 0 spiro atoms. The maximum atomic E-state index is 13.3. The van der Waals surface area contributed by atoms with Gasteiger partial charge in [0.1, 0.15) is 5.82 Å². The molecule has 0 atom stereocenters. The van der Waals surface area contributed by atoms with Crippen LogP contribution in [0.5, 0.6) is 0 Å². The predicted molar refractivity (Wildman–Crippen MR) is 98.0 cm³/mol. The Labute approximate surface area is 144 Å². The smallest absolute Gasteiger partial charge is 0.255 e. The molecule has 24 heavy (non-hydrogen) atoms. The number of nitrogens with one attached hydrogen (secondary N) is 1. The molecule has 3 heteroatoms. The third-order valence-electron chi connectivity index (χ3n) is 4.23. The molecule has 2 aromatic rings. The molecular weight excluding hydrogens is 301 g/mol. The minimum Gasteiger partial charge on any atom is -0.322 e. The normalized spacial score (nSPS) is 10.6. The first kappa shape index (κ1) is 18.2. The van der Waals surface area contributed by atoms with Gasteiger partial charge in [0.2, 0.25) is 0 Å². The molecule has 0 fully saturated rings. The molecule has 0 aliphatic rings. The molecule has 0 saturated heterocycles. The molecule has 2 aromatic carbocycles. The van der Waals surface area contributed by atoms with Crippen molar-refractivity contribution in [1.82, 2.24) is 0 Å². The van der Waals surface area contributed by atoms with E-state index in [-0.39, 0.29) is 11.7 Å². The Morgan fingerprint density at radius 2 is 1.71 bits per heavy atom. The SMILES string of the molecule is CCCCCCCc1ccc(C(=O)Nc2cc(F)ccc2C)cc1. The van der Waals surface area contributed by atoms with Gasteiger partial charge in [-0.1, -0.05) is 50.8 Å². The Morgan fingerprint density at radius 1 is 1.00 bits per heavy atom. The first-order valence-electron chi connectivity index (χ1n) is 8.76. The number of rotatable bonds is 8. The summed E-state index contributed by atoms with van der Waals surface area (Å²) >= 11 is 0. The van der Waals surface area contributed by atoms with E-state index < -0.39 is 0 Å². The number of hydrogen-bond donors (Lipinski definition) is 1. The summed E-state index contributed by atoms with van der Waals surface area (Å²) in [6, 6.07) is 12.1. The van der Waals surface area contributed by atoms with Crippen LogP contribution < -0.4 is 5.32 Å². The topological polar surface area (TPSA) is 29.1 Å². The molecule has 0 aliphatic carbocycles. The van der Waals surface area contributed by atoms with Gasteiger partial charge in [-0.2, -0.15) is 0 Å². The molecular formula is C21H26FNO. The van der Waals surface area contributed by atoms with Gasteiger partial charge in [0.25, 0.3) is 5.91 Å². The highest BCUT2D eigenvalue weighted by Gasteiger charge is 2.08. The van der Waals surface area contributed by atoms with E-state index in [1.807, 2.05) is 31.2 Å². The van der Waals surface area contributed by atoms with Crippen LogP contribution in [-0.4, -0.2) is 5.91 Å². The van der Waals surface area contributed by atoms with Crippen molar-refractivity contribution < 1.29 is 9.18 Å². The van der Waals surface area contributed by atoms with Crippen LogP contribution in [0.1, 0.15) is 60.5 Å². The maximum absolute atomic E-state index is 13.3. The fourth-order valence-electron chi connectivity index (χ4n) is 2.68. The lowest BCUT2D eigenvalue weighted by molar-refractivity contribution is 0.102. The molecule has 2 rings (SSSR count). The van der Waals surface area contributed by atoms with E-state index in [0.29, 0.717) is 11.3 Å². The van der Waals surface area contributed by atoms with E-state index in [9.17, 15) is 9.18 Å². The van der Waals surface area contributed by atoms with Crippen molar-refractivity contribution in [3.8, 4) is 0 Å². The molecule has 0 bridgehead atoms. The fraction of sp³-hybridized carbons (Fsp3) is 0.381. The number of unbranched alkanes of at least 4 members (excludes halogenated alkanes) is 4. The van der Waals surface area contributed by atoms with Gasteiger partial charge in [0.15, 0.2) is 0 Å². The second-order valence-corrected chi connectivity index (χ2v) is 6.27. The van der Waals surface area contributed by atoms with Gasteiger partial charge in [-0.15, -0.1) is 0 Å². The molecule has 0 unspecified atom stereocenters. The van der Waals surface area contributed by atoms with Crippen LogP contribution in [-0.2, 0) is 6.42 Å². The summed E-state index contributed by atoms with van der Waals surface area (Å²) in [6.45, 7) is 4.06. The second kappa shape index (κ2) is 9.21. The zero-order valence-corrected chi connectivity index (χ0v) is 14.6. The number of amides is 1. The summed E-state index contributed by atoms with van der Waals surface area (Å²) in [6.07, 6.45) is 7.36. The number of benzene rings is 2. The zero-order chi connectivity index (χ0) is 17.4. The molecule has 2 nitrogen and oxygen atoms in total. The summed E-state index contributed by atoms with van der Waals surface area (Å²) in [5, 5.41) is 2.77. The summed E-state index contributed by atoms with van der Waals surface area (Å²) < 4.78 is 13.3. The maximum Gasteiger partial charge on any atom is 0.255 e. The lowest BCUT2D eigenvalue weighted by atomic mass is 10.0. The highest BCUT2D eigenvalue weighted by molar-refractivity contribution is 6.04. The molecule has 0 aliphatic heterocycles. The summed E-state index contributed by atoms with van der Waals surface area (Å²) in [4.78, 5) is 12.3. The average molecular weight is 327 g/mol. The second-order valence-electron chi connectivity index (χ2n) is 6.27. The van der Waals surface area contributed by atoms with Crippen LogP contribution in [0.2, 0.25) is 0 Å². The van der Waals surface area contributed by atoms with E-state index in [2.05, 4.69) is 12.2 Å². The molecule has 128 valence electrons. The highest BCUT2D eigenvalue weighted by atomic mass is 19.1. The lowest BCUT2D eigenvalue weighted by Crippen LogP contribution is -2.13. The Morgan fingerprint density at radius 3 is 2.42 bits per heavy atom. The molecule has 1 N–H and O–H groups in total. The number of hydrogen-bond acceptors (Lipinski definition) is 1. The molecule has 0 heterocycles. The monoisotopic (exact) mass is 327 g/mol. The van der Waals surface area contributed by atoms with E-state index in [0.717, 1.165) is 12.0 Å². The number of halogens is 1.